The van der Waals surface area contributed by atoms with E-state index in [-0.39, 0.29) is 18.7 Å². The monoisotopic (exact) mass is 380 g/mol. The molecule has 0 aliphatic carbocycles. The number of urea groups is 1. The van der Waals surface area contributed by atoms with E-state index < -0.39 is 29.1 Å². The Hall–Kier alpha value is -2.67. The summed E-state index contributed by atoms with van der Waals surface area (Å²) in [7, 11) is 0. The van der Waals surface area contributed by atoms with E-state index in [4.69, 9.17) is 16.3 Å². The van der Waals surface area contributed by atoms with E-state index in [1.165, 1.54) is 6.92 Å². The van der Waals surface area contributed by atoms with Gasteiger partial charge in [-0.15, -0.1) is 0 Å². The lowest BCUT2D eigenvalue weighted by Gasteiger charge is -2.22. The van der Waals surface area contributed by atoms with Crippen molar-refractivity contribution in [2.24, 2.45) is 0 Å². The summed E-state index contributed by atoms with van der Waals surface area (Å²) in [5, 5.41) is 2.98. The second-order valence-corrected chi connectivity index (χ2v) is 6.37. The molecule has 0 bridgehead atoms. The molecule has 1 fully saturated rings. The van der Waals surface area contributed by atoms with Gasteiger partial charge in [0.2, 0.25) is 0 Å². The lowest BCUT2D eigenvalue weighted by Crippen LogP contribution is -2.42. The molecule has 1 saturated heterocycles. The molecule has 5 nitrogen and oxygen atoms in total. The summed E-state index contributed by atoms with van der Waals surface area (Å²) >= 11 is 5.78. The molecule has 1 N–H and O–H groups in total. The zero-order valence-electron chi connectivity index (χ0n) is 13.8. The van der Waals surface area contributed by atoms with Crippen molar-refractivity contribution in [1.29, 1.82) is 0 Å². The molecular weight excluding hydrogens is 366 g/mol. The molecule has 26 heavy (non-hydrogen) atoms. The first-order chi connectivity index (χ1) is 12.3. The molecular formula is C18H15ClF2N2O3. The second-order valence-electron chi connectivity index (χ2n) is 5.94. The van der Waals surface area contributed by atoms with E-state index in [1.54, 1.807) is 24.3 Å². The van der Waals surface area contributed by atoms with Gasteiger partial charge in [0.1, 0.15) is 29.5 Å². The highest BCUT2D eigenvalue weighted by Gasteiger charge is 2.50. The summed E-state index contributed by atoms with van der Waals surface area (Å²) < 4.78 is 33.0. The molecule has 0 spiro atoms. The summed E-state index contributed by atoms with van der Waals surface area (Å²) in [6.45, 7) is 1.34. The number of imide groups is 1. The van der Waals surface area contributed by atoms with Crippen LogP contribution in [0.4, 0.5) is 13.6 Å². The number of benzene rings is 2. The maximum absolute atomic E-state index is 14.1. The van der Waals surface area contributed by atoms with Crippen molar-refractivity contribution in [3.8, 4) is 5.75 Å². The molecule has 136 valence electrons. The smallest absolute Gasteiger partial charge is 0.325 e. The zero-order chi connectivity index (χ0) is 18.9. The van der Waals surface area contributed by atoms with Crippen molar-refractivity contribution in [1.82, 2.24) is 10.2 Å². The molecule has 3 amide bonds. The standard InChI is InChI=1S/C18H15ClF2N2O3/c1-18(14-10-12(20)4-7-15(14)21)16(24)23(17(25)22-18)8-9-26-13-5-2-11(19)3-6-13/h2-7,10H,8-9H2,1H3,(H,22,25)/t18-/m1/s1. The fourth-order valence-electron chi connectivity index (χ4n) is 2.75. The van der Waals surface area contributed by atoms with Crippen molar-refractivity contribution >= 4 is 23.5 Å². The SMILES string of the molecule is C[C@]1(c2cc(F)ccc2F)NC(=O)N(CCOc2ccc(Cl)cc2)C1=O. The molecule has 0 saturated carbocycles. The number of rotatable bonds is 5. The molecule has 2 aromatic carbocycles. The highest BCUT2D eigenvalue weighted by atomic mass is 35.5. The number of hydrogen-bond donors (Lipinski definition) is 1. The van der Waals surface area contributed by atoms with Crippen LogP contribution in [-0.2, 0) is 10.3 Å². The van der Waals surface area contributed by atoms with Gasteiger partial charge in [-0.05, 0) is 49.4 Å². The number of nitrogens with one attached hydrogen (secondary N) is 1. The lowest BCUT2D eigenvalue weighted by atomic mass is 9.91. The van der Waals surface area contributed by atoms with E-state index in [0.717, 1.165) is 23.1 Å². The number of ether oxygens (including phenoxy) is 1. The Morgan fingerprint density at radius 3 is 2.54 bits per heavy atom. The summed E-state index contributed by atoms with van der Waals surface area (Å²) in [5.74, 6) is -1.62. The van der Waals surface area contributed by atoms with Gasteiger partial charge in [-0.25, -0.2) is 13.6 Å². The number of amides is 3. The minimum atomic E-state index is -1.68. The van der Waals surface area contributed by atoms with Crippen LogP contribution < -0.4 is 10.1 Å². The van der Waals surface area contributed by atoms with Crippen LogP contribution in [0.3, 0.4) is 0 Å². The van der Waals surface area contributed by atoms with Gasteiger partial charge in [-0.2, -0.15) is 0 Å². The topological polar surface area (TPSA) is 58.6 Å². The second kappa shape index (κ2) is 6.92. The quantitative estimate of drug-likeness (QED) is 0.808. The Morgan fingerprint density at radius 2 is 1.85 bits per heavy atom. The summed E-state index contributed by atoms with van der Waals surface area (Å²) in [5.41, 5.74) is -1.90. The van der Waals surface area contributed by atoms with Crippen molar-refractivity contribution in [3.63, 3.8) is 0 Å². The lowest BCUT2D eigenvalue weighted by molar-refractivity contribution is -0.131. The van der Waals surface area contributed by atoms with Gasteiger partial charge >= 0.3 is 6.03 Å². The third-order valence-electron chi connectivity index (χ3n) is 4.14. The van der Waals surface area contributed by atoms with Crippen LogP contribution in [-0.4, -0.2) is 30.0 Å². The van der Waals surface area contributed by atoms with Gasteiger partial charge in [-0.1, -0.05) is 11.6 Å². The average molecular weight is 381 g/mol. The normalized spacial score (nSPS) is 19.6. The van der Waals surface area contributed by atoms with E-state index in [0.29, 0.717) is 10.8 Å². The fourth-order valence-corrected chi connectivity index (χ4v) is 2.87. The molecule has 1 heterocycles. The van der Waals surface area contributed by atoms with Crippen LogP contribution in [0.25, 0.3) is 0 Å². The fraction of sp³-hybridized carbons (Fsp3) is 0.222. The summed E-state index contributed by atoms with van der Waals surface area (Å²) in [4.78, 5) is 25.7. The number of carbonyl (C=O) groups is 2. The van der Waals surface area contributed by atoms with Crippen LogP contribution in [0.2, 0.25) is 5.02 Å². The third-order valence-corrected chi connectivity index (χ3v) is 4.39. The largest absolute Gasteiger partial charge is 0.492 e. The first kappa shape index (κ1) is 18.1. The highest BCUT2D eigenvalue weighted by Crippen LogP contribution is 2.31. The van der Waals surface area contributed by atoms with Gasteiger partial charge < -0.3 is 10.1 Å². The van der Waals surface area contributed by atoms with Crippen molar-refractivity contribution < 1.29 is 23.1 Å². The maximum Gasteiger partial charge on any atom is 0.325 e. The van der Waals surface area contributed by atoms with Gasteiger partial charge in [0.05, 0.1) is 6.54 Å². The molecule has 1 aliphatic heterocycles. The summed E-state index contributed by atoms with van der Waals surface area (Å²) in [6, 6.07) is 8.68. The van der Waals surface area contributed by atoms with Crippen LogP contribution in [0.15, 0.2) is 42.5 Å². The number of nitrogens with zero attached hydrogens (tertiary/aromatic N) is 1. The van der Waals surface area contributed by atoms with Crippen molar-refractivity contribution in [2.75, 3.05) is 13.2 Å². The Balaban J connectivity index is 1.72. The molecule has 0 aromatic heterocycles. The Kier molecular flexibility index (Phi) is 4.82. The predicted molar refractivity (Wildman–Crippen MR) is 90.9 cm³/mol. The Bertz CT molecular complexity index is 860. The zero-order valence-corrected chi connectivity index (χ0v) is 14.5. The van der Waals surface area contributed by atoms with E-state index >= 15 is 0 Å². The first-order valence-corrected chi connectivity index (χ1v) is 8.17. The van der Waals surface area contributed by atoms with Crippen LogP contribution in [0, 0.1) is 11.6 Å². The average Bonchev–Trinajstić information content (AvgIpc) is 2.82. The third kappa shape index (κ3) is 3.35. The molecule has 2 aromatic rings. The minimum absolute atomic E-state index is 0.0418. The molecule has 3 rings (SSSR count). The number of halogens is 3. The molecule has 0 unspecified atom stereocenters. The molecule has 1 atom stereocenters. The number of carbonyl (C=O) groups excluding carboxylic acids is 2. The van der Waals surface area contributed by atoms with Crippen molar-refractivity contribution in [2.45, 2.75) is 12.5 Å². The van der Waals surface area contributed by atoms with Crippen molar-refractivity contribution in [3.05, 3.63) is 64.7 Å². The Labute approximate surface area is 153 Å². The Morgan fingerprint density at radius 1 is 1.15 bits per heavy atom. The van der Waals surface area contributed by atoms with Gasteiger partial charge in [-0.3, -0.25) is 9.69 Å². The van der Waals surface area contributed by atoms with Crippen LogP contribution in [0.5, 0.6) is 5.75 Å². The van der Waals surface area contributed by atoms with Crippen LogP contribution in [0.1, 0.15) is 12.5 Å². The van der Waals surface area contributed by atoms with Gasteiger partial charge in [0.25, 0.3) is 5.91 Å². The van der Waals surface area contributed by atoms with E-state index in [9.17, 15) is 18.4 Å². The molecule has 8 heteroatoms. The van der Waals surface area contributed by atoms with E-state index in [1.807, 2.05) is 0 Å². The minimum Gasteiger partial charge on any atom is -0.492 e. The van der Waals surface area contributed by atoms with Crippen LogP contribution >= 0.6 is 11.6 Å². The first-order valence-electron chi connectivity index (χ1n) is 7.79. The van der Waals surface area contributed by atoms with Gasteiger partial charge in [0.15, 0.2) is 0 Å². The van der Waals surface area contributed by atoms with E-state index in [2.05, 4.69) is 5.32 Å². The highest BCUT2D eigenvalue weighted by molar-refractivity contribution is 6.30. The van der Waals surface area contributed by atoms with Gasteiger partial charge in [0, 0.05) is 10.6 Å². The predicted octanol–water partition coefficient (Wildman–Crippen LogP) is 3.46. The summed E-state index contributed by atoms with van der Waals surface area (Å²) in [6.07, 6.45) is 0. The maximum atomic E-state index is 14.1. The molecule has 0 radical (unpaired) electrons. The molecule has 1 aliphatic rings. The number of hydrogen-bond acceptors (Lipinski definition) is 3.